The van der Waals surface area contributed by atoms with Crippen LogP contribution in [0.5, 0.6) is 0 Å². The molecule has 2 aliphatic rings. The van der Waals surface area contributed by atoms with Crippen molar-refractivity contribution in [3.8, 4) is 0 Å². The molecular formula is C14H18BrN3O2. The zero-order valence-corrected chi connectivity index (χ0v) is 13.0. The van der Waals surface area contributed by atoms with Gasteiger partial charge < -0.3 is 10.2 Å². The standard InChI is InChI=1S/C14H18BrN3O2/c1-17-11-3-4-12(17)8-10(7-11)16-13-5-2-9(15)6-14(13)18(19)20/h2,5-6,10-12,16H,3-4,7-8H2,1H3. The Bertz CT molecular complexity index is 523. The Balaban J connectivity index is 1.77. The van der Waals surface area contributed by atoms with Gasteiger partial charge in [0.05, 0.1) is 4.92 Å². The van der Waals surface area contributed by atoms with Gasteiger partial charge in [-0.15, -0.1) is 0 Å². The zero-order chi connectivity index (χ0) is 14.3. The second-order valence-electron chi connectivity index (χ2n) is 5.78. The van der Waals surface area contributed by atoms with Gasteiger partial charge in [-0.3, -0.25) is 10.1 Å². The summed E-state index contributed by atoms with van der Waals surface area (Å²) in [5, 5.41) is 14.5. The van der Waals surface area contributed by atoms with Gasteiger partial charge in [-0.1, -0.05) is 15.9 Å². The van der Waals surface area contributed by atoms with E-state index in [-0.39, 0.29) is 10.6 Å². The molecule has 1 aromatic rings. The molecule has 6 heteroatoms. The van der Waals surface area contributed by atoms with Crippen molar-refractivity contribution in [2.45, 2.75) is 43.8 Å². The summed E-state index contributed by atoms with van der Waals surface area (Å²) in [6, 6.07) is 6.79. The lowest BCUT2D eigenvalue weighted by Crippen LogP contribution is -2.44. The van der Waals surface area contributed by atoms with Gasteiger partial charge in [0, 0.05) is 28.7 Å². The summed E-state index contributed by atoms with van der Waals surface area (Å²) in [6.07, 6.45) is 4.64. The highest BCUT2D eigenvalue weighted by molar-refractivity contribution is 9.10. The lowest BCUT2D eigenvalue weighted by molar-refractivity contribution is -0.384. The SMILES string of the molecule is CN1C2CCC1CC(Nc1ccc(Br)cc1[N+](=O)[O-])C2. The number of rotatable bonds is 3. The van der Waals surface area contributed by atoms with Crippen LogP contribution in [-0.2, 0) is 0 Å². The second kappa shape index (κ2) is 5.33. The van der Waals surface area contributed by atoms with Crippen LogP contribution in [0.15, 0.2) is 22.7 Å². The van der Waals surface area contributed by atoms with Crippen LogP contribution in [0.4, 0.5) is 11.4 Å². The lowest BCUT2D eigenvalue weighted by Gasteiger charge is -2.36. The van der Waals surface area contributed by atoms with Crippen molar-refractivity contribution in [1.82, 2.24) is 4.90 Å². The van der Waals surface area contributed by atoms with Gasteiger partial charge in [-0.05, 0) is 44.9 Å². The van der Waals surface area contributed by atoms with Gasteiger partial charge in [-0.2, -0.15) is 0 Å². The van der Waals surface area contributed by atoms with Gasteiger partial charge in [0.15, 0.2) is 0 Å². The van der Waals surface area contributed by atoms with Crippen molar-refractivity contribution in [3.05, 3.63) is 32.8 Å². The van der Waals surface area contributed by atoms with E-state index >= 15 is 0 Å². The summed E-state index contributed by atoms with van der Waals surface area (Å²) in [5.41, 5.74) is 0.776. The molecule has 0 aromatic heterocycles. The summed E-state index contributed by atoms with van der Waals surface area (Å²) in [4.78, 5) is 13.3. The maximum absolute atomic E-state index is 11.1. The molecule has 2 atom stereocenters. The molecular weight excluding hydrogens is 322 g/mol. The van der Waals surface area contributed by atoms with Crippen molar-refractivity contribution in [1.29, 1.82) is 0 Å². The molecule has 0 aliphatic carbocycles. The van der Waals surface area contributed by atoms with E-state index < -0.39 is 0 Å². The molecule has 1 N–H and O–H groups in total. The Morgan fingerprint density at radius 2 is 2.00 bits per heavy atom. The number of hydrogen-bond acceptors (Lipinski definition) is 4. The van der Waals surface area contributed by atoms with Gasteiger partial charge in [0.1, 0.15) is 5.69 Å². The number of nitrogens with one attached hydrogen (secondary N) is 1. The zero-order valence-electron chi connectivity index (χ0n) is 11.4. The molecule has 2 unspecified atom stereocenters. The number of nitrogens with zero attached hydrogens (tertiary/aromatic N) is 2. The Morgan fingerprint density at radius 3 is 2.60 bits per heavy atom. The van der Waals surface area contributed by atoms with Gasteiger partial charge in [0.2, 0.25) is 0 Å². The fourth-order valence-corrected chi connectivity index (χ4v) is 3.88. The molecule has 2 heterocycles. The molecule has 108 valence electrons. The monoisotopic (exact) mass is 339 g/mol. The Hall–Kier alpha value is -1.14. The Morgan fingerprint density at radius 1 is 1.35 bits per heavy atom. The number of benzene rings is 1. The van der Waals surface area contributed by atoms with E-state index in [0.29, 0.717) is 23.8 Å². The summed E-state index contributed by atoms with van der Waals surface area (Å²) in [6.45, 7) is 0. The molecule has 0 saturated carbocycles. The third-order valence-electron chi connectivity index (χ3n) is 4.61. The fourth-order valence-electron chi connectivity index (χ4n) is 3.53. The van der Waals surface area contributed by atoms with Gasteiger partial charge >= 0.3 is 0 Å². The third kappa shape index (κ3) is 2.54. The predicted octanol–water partition coefficient (Wildman–Crippen LogP) is 3.39. The predicted molar refractivity (Wildman–Crippen MR) is 82.0 cm³/mol. The molecule has 0 amide bonds. The first-order valence-electron chi connectivity index (χ1n) is 6.97. The average Bonchev–Trinajstić information content (AvgIpc) is 2.63. The highest BCUT2D eigenvalue weighted by atomic mass is 79.9. The number of anilines is 1. The maximum Gasteiger partial charge on any atom is 0.293 e. The molecule has 2 bridgehead atoms. The fraction of sp³-hybridized carbons (Fsp3) is 0.571. The van der Waals surface area contributed by atoms with Crippen LogP contribution < -0.4 is 5.32 Å². The Kier molecular flexibility index (Phi) is 3.69. The number of hydrogen-bond donors (Lipinski definition) is 1. The number of piperidine rings is 1. The summed E-state index contributed by atoms with van der Waals surface area (Å²) in [7, 11) is 2.20. The van der Waals surface area contributed by atoms with E-state index in [2.05, 4.69) is 33.2 Å². The van der Waals surface area contributed by atoms with Crippen LogP contribution in [0, 0.1) is 10.1 Å². The number of nitro groups is 1. The molecule has 20 heavy (non-hydrogen) atoms. The summed E-state index contributed by atoms with van der Waals surface area (Å²) >= 11 is 3.29. The highest BCUT2D eigenvalue weighted by Crippen LogP contribution is 2.37. The van der Waals surface area contributed by atoms with E-state index in [9.17, 15) is 10.1 Å². The minimum absolute atomic E-state index is 0.144. The van der Waals surface area contributed by atoms with Crippen LogP contribution in [0.1, 0.15) is 25.7 Å². The molecule has 0 radical (unpaired) electrons. The number of fused-ring (bicyclic) bond motifs is 2. The van der Waals surface area contributed by atoms with Crippen molar-refractivity contribution in [2.24, 2.45) is 0 Å². The number of nitro benzene ring substituents is 1. The van der Waals surface area contributed by atoms with E-state index in [0.717, 1.165) is 17.3 Å². The quantitative estimate of drug-likeness (QED) is 0.677. The first-order valence-corrected chi connectivity index (χ1v) is 7.76. The van der Waals surface area contributed by atoms with Gasteiger partial charge in [0.25, 0.3) is 5.69 Å². The number of halogens is 1. The van der Waals surface area contributed by atoms with E-state index in [4.69, 9.17) is 0 Å². The normalized spacial score (nSPS) is 29.4. The van der Waals surface area contributed by atoms with Crippen LogP contribution in [-0.4, -0.2) is 35.0 Å². The minimum Gasteiger partial charge on any atom is -0.377 e. The van der Waals surface area contributed by atoms with Crippen molar-refractivity contribution in [3.63, 3.8) is 0 Å². The van der Waals surface area contributed by atoms with Crippen LogP contribution in [0.2, 0.25) is 0 Å². The van der Waals surface area contributed by atoms with Crippen molar-refractivity contribution >= 4 is 27.3 Å². The average molecular weight is 340 g/mol. The molecule has 5 nitrogen and oxygen atoms in total. The molecule has 2 aliphatic heterocycles. The smallest absolute Gasteiger partial charge is 0.293 e. The third-order valence-corrected chi connectivity index (χ3v) is 5.11. The van der Waals surface area contributed by atoms with E-state index in [1.807, 2.05) is 6.07 Å². The second-order valence-corrected chi connectivity index (χ2v) is 6.70. The first-order chi connectivity index (χ1) is 9.54. The summed E-state index contributed by atoms with van der Waals surface area (Å²) in [5.74, 6) is 0. The van der Waals surface area contributed by atoms with Crippen LogP contribution in [0.25, 0.3) is 0 Å². The molecule has 1 aromatic carbocycles. The molecule has 2 fully saturated rings. The topological polar surface area (TPSA) is 58.4 Å². The molecule has 3 rings (SSSR count). The van der Waals surface area contributed by atoms with Gasteiger partial charge in [-0.25, -0.2) is 0 Å². The van der Waals surface area contributed by atoms with Crippen LogP contribution >= 0.6 is 15.9 Å². The van der Waals surface area contributed by atoms with E-state index in [1.165, 1.54) is 12.8 Å². The largest absolute Gasteiger partial charge is 0.377 e. The first kappa shape index (κ1) is 13.8. The Labute approximate surface area is 126 Å². The van der Waals surface area contributed by atoms with Crippen molar-refractivity contribution in [2.75, 3.05) is 12.4 Å². The minimum atomic E-state index is -0.323. The lowest BCUT2D eigenvalue weighted by atomic mass is 9.97. The highest BCUT2D eigenvalue weighted by Gasteiger charge is 2.38. The summed E-state index contributed by atoms with van der Waals surface area (Å²) < 4.78 is 0.734. The maximum atomic E-state index is 11.1. The molecule has 0 spiro atoms. The van der Waals surface area contributed by atoms with Crippen molar-refractivity contribution < 1.29 is 4.92 Å². The van der Waals surface area contributed by atoms with E-state index in [1.54, 1.807) is 12.1 Å². The van der Waals surface area contributed by atoms with Crippen LogP contribution in [0.3, 0.4) is 0 Å². The molecule has 2 saturated heterocycles.